The number of benzene rings is 1. The molecule has 3 rings (SSSR count). The zero-order valence-electron chi connectivity index (χ0n) is 8.81. The van der Waals surface area contributed by atoms with Gasteiger partial charge in [-0.25, -0.2) is 4.39 Å². The quantitative estimate of drug-likeness (QED) is 0.704. The molecular formula is C12H9FN2OS. The Bertz CT molecular complexity index is 712. The van der Waals surface area contributed by atoms with Gasteiger partial charge in [0.15, 0.2) is 4.77 Å². The van der Waals surface area contributed by atoms with Crippen LogP contribution in [-0.4, -0.2) is 9.55 Å². The van der Waals surface area contributed by atoms with Crippen LogP contribution >= 0.6 is 12.2 Å². The average molecular weight is 248 g/mol. The molecule has 1 aromatic carbocycles. The highest BCUT2D eigenvalue weighted by atomic mass is 32.1. The van der Waals surface area contributed by atoms with E-state index in [-0.39, 0.29) is 5.82 Å². The van der Waals surface area contributed by atoms with Gasteiger partial charge in [-0.05, 0) is 36.5 Å². The van der Waals surface area contributed by atoms with E-state index in [2.05, 4.69) is 4.98 Å². The molecule has 0 aliphatic heterocycles. The Hall–Kier alpha value is -1.88. The van der Waals surface area contributed by atoms with Gasteiger partial charge in [-0.2, -0.15) is 0 Å². The number of nitrogens with one attached hydrogen (secondary N) is 1. The van der Waals surface area contributed by atoms with E-state index in [1.165, 1.54) is 12.1 Å². The molecule has 1 N–H and O–H groups in total. The zero-order chi connectivity index (χ0) is 11.8. The first-order chi connectivity index (χ1) is 8.24. The van der Waals surface area contributed by atoms with Crippen molar-refractivity contribution in [2.75, 3.05) is 0 Å². The summed E-state index contributed by atoms with van der Waals surface area (Å²) in [7, 11) is 0. The summed E-state index contributed by atoms with van der Waals surface area (Å²) in [4.78, 5) is 3.05. The average Bonchev–Trinajstić information content (AvgIpc) is 2.90. The molecule has 0 saturated heterocycles. The summed E-state index contributed by atoms with van der Waals surface area (Å²) in [5.74, 6) is -0.271. The van der Waals surface area contributed by atoms with E-state index >= 15 is 0 Å². The predicted octanol–water partition coefficient (Wildman–Crippen LogP) is 3.48. The van der Waals surface area contributed by atoms with E-state index < -0.39 is 0 Å². The Morgan fingerprint density at radius 2 is 2.24 bits per heavy atom. The largest absolute Gasteiger partial charge is 0.472 e. The fourth-order valence-electron chi connectivity index (χ4n) is 1.85. The van der Waals surface area contributed by atoms with Crippen LogP contribution < -0.4 is 0 Å². The molecule has 5 heteroatoms. The van der Waals surface area contributed by atoms with Gasteiger partial charge in [0.1, 0.15) is 5.82 Å². The Labute approximate surface area is 101 Å². The van der Waals surface area contributed by atoms with Crippen LogP contribution in [0.4, 0.5) is 4.39 Å². The molecule has 86 valence electrons. The third kappa shape index (κ3) is 1.78. The fraction of sp³-hybridized carbons (Fsp3) is 0.0833. The monoisotopic (exact) mass is 248 g/mol. The lowest BCUT2D eigenvalue weighted by atomic mass is 10.3. The normalized spacial score (nSPS) is 11.1. The van der Waals surface area contributed by atoms with Gasteiger partial charge in [-0.15, -0.1) is 0 Å². The van der Waals surface area contributed by atoms with Gasteiger partial charge in [0, 0.05) is 5.56 Å². The second-order valence-electron chi connectivity index (χ2n) is 3.81. The smallest absolute Gasteiger partial charge is 0.178 e. The van der Waals surface area contributed by atoms with Crippen molar-refractivity contribution in [1.29, 1.82) is 0 Å². The van der Waals surface area contributed by atoms with E-state index in [0.29, 0.717) is 11.3 Å². The number of furan rings is 1. The number of halogens is 1. The molecule has 0 unspecified atom stereocenters. The van der Waals surface area contributed by atoms with Crippen LogP contribution in [0.2, 0.25) is 0 Å². The number of H-pyrrole nitrogens is 1. The summed E-state index contributed by atoms with van der Waals surface area (Å²) in [6.45, 7) is 0.568. The maximum Gasteiger partial charge on any atom is 0.178 e. The highest BCUT2D eigenvalue weighted by Crippen LogP contribution is 2.17. The first-order valence-electron chi connectivity index (χ1n) is 5.13. The standard InChI is InChI=1S/C12H9FN2OS/c13-9-1-2-10-11(5-9)15(12(17)14-10)6-8-3-4-16-7-8/h1-5,7H,6H2,(H,14,17). The molecule has 0 aliphatic rings. The number of hydrogen-bond donors (Lipinski definition) is 1. The van der Waals surface area contributed by atoms with Crippen molar-refractivity contribution in [3.63, 3.8) is 0 Å². The Morgan fingerprint density at radius 3 is 3.00 bits per heavy atom. The van der Waals surface area contributed by atoms with Crippen LogP contribution in [0.5, 0.6) is 0 Å². The maximum absolute atomic E-state index is 13.2. The van der Waals surface area contributed by atoms with E-state index in [0.717, 1.165) is 16.6 Å². The van der Waals surface area contributed by atoms with Crippen LogP contribution in [-0.2, 0) is 6.54 Å². The number of aromatic nitrogens is 2. The number of imidazole rings is 1. The van der Waals surface area contributed by atoms with Crippen LogP contribution in [0.3, 0.4) is 0 Å². The molecule has 3 nitrogen and oxygen atoms in total. The van der Waals surface area contributed by atoms with Gasteiger partial charge in [0.2, 0.25) is 0 Å². The third-order valence-electron chi connectivity index (χ3n) is 2.66. The summed E-state index contributed by atoms with van der Waals surface area (Å²) in [6.07, 6.45) is 3.26. The van der Waals surface area contributed by atoms with E-state index in [1.807, 2.05) is 10.6 Å². The van der Waals surface area contributed by atoms with Crippen LogP contribution in [0.15, 0.2) is 41.2 Å². The number of rotatable bonds is 2. The number of aromatic amines is 1. The minimum absolute atomic E-state index is 0.271. The zero-order valence-corrected chi connectivity index (χ0v) is 9.63. The van der Waals surface area contributed by atoms with Gasteiger partial charge < -0.3 is 14.0 Å². The molecule has 0 amide bonds. The Balaban J connectivity index is 2.17. The van der Waals surface area contributed by atoms with Crippen molar-refractivity contribution < 1.29 is 8.81 Å². The third-order valence-corrected chi connectivity index (χ3v) is 2.98. The molecule has 17 heavy (non-hydrogen) atoms. The van der Waals surface area contributed by atoms with Crippen LogP contribution in [0, 0.1) is 10.6 Å². The molecule has 0 spiro atoms. The number of fused-ring (bicyclic) bond motifs is 1. The molecule has 2 aromatic heterocycles. The fourth-order valence-corrected chi connectivity index (χ4v) is 2.12. The summed E-state index contributed by atoms with van der Waals surface area (Å²) in [6, 6.07) is 6.43. The molecule has 0 bridgehead atoms. The number of nitrogens with zero attached hydrogens (tertiary/aromatic N) is 1. The highest BCUT2D eigenvalue weighted by molar-refractivity contribution is 7.71. The SMILES string of the molecule is Fc1ccc2[nH]c(=S)n(Cc3ccoc3)c2c1. The molecule has 3 aromatic rings. The lowest BCUT2D eigenvalue weighted by Gasteiger charge is -2.01. The molecule has 0 radical (unpaired) electrons. The van der Waals surface area contributed by atoms with Crippen molar-refractivity contribution in [1.82, 2.24) is 9.55 Å². The summed E-state index contributed by atoms with van der Waals surface area (Å²) < 4.78 is 20.7. The summed E-state index contributed by atoms with van der Waals surface area (Å²) in [5.41, 5.74) is 2.59. The lowest BCUT2D eigenvalue weighted by molar-refractivity contribution is 0.562. The first kappa shape index (κ1) is 10.3. The van der Waals surface area contributed by atoms with Gasteiger partial charge in [0.25, 0.3) is 0 Å². The minimum Gasteiger partial charge on any atom is -0.472 e. The lowest BCUT2D eigenvalue weighted by Crippen LogP contribution is -1.98. The van der Waals surface area contributed by atoms with Crippen molar-refractivity contribution in [2.45, 2.75) is 6.54 Å². The molecule has 0 fully saturated rings. The maximum atomic E-state index is 13.2. The predicted molar refractivity (Wildman–Crippen MR) is 64.9 cm³/mol. The second-order valence-corrected chi connectivity index (χ2v) is 4.20. The van der Waals surface area contributed by atoms with Gasteiger partial charge in [-0.1, -0.05) is 0 Å². The Kier molecular flexibility index (Phi) is 2.33. The van der Waals surface area contributed by atoms with Crippen LogP contribution in [0.25, 0.3) is 11.0 Å². The van der Waals surface area contributed by atoms with E-state index in [9.17, 15) is 4.39 Å². The van der Waals surface area contributed by atoms with Crippen molar-refractivity contribution in [2.24, 2.45) is 0 Å². The van der Waals surface area contributed by atoms with Crippen molar-refractivity contribution in [3.05, 3.63) is 52.9 Å². The minimum atomic E-state index is -0.271. The second kappa shape index (κ2) is 3.85. The molecule has 2 heterocycles. The molecule has 0 saturated carbocycles. The van der Waals surface area contributed by atoms with Gasteiger partial charge >= 0.3 is 0 Å². The van der Waals surface area contributed by atoms with E-state index in [4.69, 9.17) is 16.6 Å². The molecule has 0 aliphatic carbocycles. The van der Waals surface area contributed by atoms with Gasteiger partial charge in [-0.3, -0.25) is 0 Å². The number of hydrogen-bond acceptors (Lipinski definition) is 2. The molecule has 0 atom stereocenters. The summed E-state index contributed by atoms with van der Waals surface area (Å²) in [5, 5.41) is 0. The van der Waals surface area contributed by atoms with Crippen LogP contribution in [0.1, 0.15) is 5.56 Å². The first-order valence-corrected chi connectivity index (χ1v) is 5.54. The molecular weight excluding hydrogens is 239 g/mol. The van der Waals surface area contributed by atoms with E-state index in [1.54, 1.807) is 18.6 Å². The van der Waals surface area contributed by atoms with Crippen molar-refractivity contribution >= 4 is 23.3 Å². The topological polar surface area (TPSA) is 33.9 Å². The summed E-state index contributed by atoms with van der Waals surface area (Å²) >= 11 is 5.22. The van der Waals surface area contributed by atoms with Crippen molar-refractivity contribution in [3.8, 4) is 0 Å². The Morgan fingerprint density at radius 1 is 1.35 bits per heavy atom. The highest BCUT2D eigenvalue weighted by Gasteiger charge is 2.06. The van der Waals surface area contributed by atoms with Gasteiger partial charge in [0.05, 0.1) is 30.1 Å².